The molecule has 2 aromatic carbocycles. The Morgan fingerprint density at radius 3 is 2.68 bits per heavy atom. The third-order valence-corrected chi connectivity index (χ3v) is 4.07. The summed E-state index contributed by atoms with van der Waals surface area (Å²) in [6, 6.07) is 16.0. The maximum atomic E-state index is 3.68. The molecule has 0 radical (unpaired) electrons. The van der Waals surface area contributed by atoms with Crippen LogP contribution < -0.4 is 5.32 Å². The number of rotatable bonds is 2. The number of hydrogen-bond acceptors (Lipinski definition) is 1. The zero-order valence-corrected chi connectivity index (χ0v) is 11.7. The molecule has 1 nitrogen and oxygen atoms in total. The van der Waals surface area contributed by atoms with E-state index in [2.05, 4.69) is 61.6 Å². The van der Waals surface area contributed by atoms with Gasteiger partial charge in [-0.3, -0.25) is 0 Å². The molecular formula is C18H21N. The second-order valence-corrected chi connectivity index (χ2v) is 5.69. The van der Waals surface area contributed by atoms with Gasteiger partial charge in [-0.15, -0.1) is 0 Å². The summed E-state index contributed by atoms with van der Waals surface area (Å²) in [5.41, 5.74) is 7.29. The largest absolute Gasteiger partial charge is 0.309 e. The Balaban J connectivity index is 1.79. The van der Waals surface area contributed by atoms with Crippen LogP contribution in [0, 0.1) is 13.8 Å². The summed E-state index contributed by atoms with van der Waals surface area (Å²) in [5.74, 6) is 0. The van der Waals surface area contributed by atoms with Gasteiger partial charge >= 0.3 is 0 Å². The Morgan fingerprint density at radius 2 is 1.89 bits per heavy atom. The summed E-state index contributed by atoms with van der Waals surface area (Å²) < 4.78 is 0. The highest BCUT2D eigenvalue weighted by atomic mass is 14.9. The fourth-order valence-electron chi connectivity index (χ4n) is 3.15. The quantitative estimate of drug-likeness (QED) is 0.860. The fourth-order valence-corrected chi connectivity index (χ4v) is 3.15. The minimum Gasteiger partial charge on any atom is -0.309 e. The molecule has 19 heavy (non-hydrogen) atoms. The van der Waals surface area contributed by atoms with Crippen molar-refractivity contribution in [3.8, 4) is 0 Å². The Hall–Kier alpha value is -1.60. The van der Waals surface area contributed by atoms with E-state index in [1.807, 2.05) is 0 Å². The zero-order valence-electron chi connectivity index (χ0n) is 11.7. The van der Waals surface area contributed by atoms with Crippen LogP contribution in [0.15, 0.2) is 42.5 Å². The Morgan fingerprint density at radius 1 is 1.11 bits per heavy atom. The van der Waals surface area contributed by atoms with Gasteiger partial charge in [0.05, 0.1) is 0 Å². The lowest BCUT2D eigenvalue weighted by Crippen LogP contribution is -2.37. The first-order valence-corrected chi connectivity index (χ1v) is 7.08. The molecule has 1 N–H and O–H groups in total. The summed E-state index contributed by atoms with van der Waals surface area (Å²) in [6.45, 7) is 5.44. The molecule has 0 aromatic heterocycles. The van der Waals surface area contributed by atoms with Crippen LogP contribution in [0.5, 0.6) is 0 Å². The number of nitrogens with one attached hydrogen (secondary N) is 1. The normalized spacial score (nSPS) is 18.1. The smallest absolute Gasteiger partial charge is 0.0213 e. The van der Waals surface area contributed by atoms with Crippen molar-refractivity contribution in [3.05, 3.63) is 70.3 Å². The highest BCUT2D eigenvalue weighted by Crippen LogP contribution is 2.23. The molecule has 0 saturated heterocycles. The second kappa shape index (κ2) is 5.18. The summed E-state index contributed by atoms with van der Waals surface area (Å²) >= 11 is 0. The molecule has 0 spiro atoms. The fraction of sp³-hybridized carbons (Fsp3) is 0.333. The molecule has 2 aromatic rings. The van der Waals surface area contributed by atoms with Gasteiger partial charge in [-0.05, 0) is 48.9 Å². The van der Waals surface area contributed by atoms with Crippen LogP contribution in [0.4, 0.5) is 0 Å². The molecule has 98 valence electrons. The highest BCUT2D eigenvalue weighted by molar-refractivity contribution is 5.40. The number of hydrogen-bond donors (Lipinski definition) is 1. The van der Waals surface area contributed by atoms with Gasteiger partial charge in [-0.1, -0.05) is 48.0 Å². The number of benzene rings is 2. The van der Waals surface area contributed by atoms with Gasteiger partial charge in [-0.25, -0.2) is 0 Å². The first-order valence-electron chi connectivity index (χ1n) is 7.08. The lowest BCUT2D eigenvalue weighted by Gasteiger charge is -2.28. The van der Waals surface area contributed by atoms with E-state index in [0.717, 1.165) is 19.4 Å². The van der Waals surface area contributed by atoms with E-state index in [0.29, 0.717) is 6.04 Å². The molecular weight excluding hydrogens is 230 g/mol. The Kier molecular flexibility index (Phi) is 3.39. The molecule has 1 unspecified atom stereocenters. The Labute approximate surface area is 115 Å². The molecule has 1 aliphatic rings. The van der Waals surface area contributed by atoms with E-state index in [9.17, 15) is 0 Å². The molecule has 0 amide bonds. The van der Waals surface area contributed by atoms with Gasteiger partial charge in [0.1, 0.15) is 0 Å². The zero-order chi connectivity index (χ0) is 13.2. The molecule has 0 saturated carbocycles. The van der Waals surface area contributed by atoms with Gasteiger partial charge in [0.25, 0.3) is 0 Å². The second-order valence-electron chi connectivity index (χ2n) is 5.69. The SMILES string of the molecule is Cc1cc(C)c2c(c1)CC(Cc1ccccc1)NC2. The molecule has 1 heterocycles. The van der Waals surface area contributed by atoms with E-state index in [-0.39, 0.29) is 0 Å². The maximum Gasteiger partial charge on any atom is 0.0213 e. The Bertz CT molecular complexity index is 572. The summed E-state index contributed by atoms with van der Waals surface area (Å²) in [5, 5.41) is 3.68. The predicted octanol–water partition coefficient (Wildman–Crippen LogP) is 3.56. The highest BCUT2D eigenvalue weighted by Gasteiger charge is 2.19. The van der Waals surface area contributed by atoms with Crippen molar-refractivity contribution in [1.29, 1.82) is 0 Å². The van der Waals surface area contributed by atoms with Crippen molar-refractivity contribution >= 4 is 0 Å². The van der Waals surface area contributed by atoms with Crippen molar-refractivity contribution in [1.82, 2.24) is 5.32 Å². The minimum atomic E-state index is 0.566. The van der Waals surface area contributed by atoms with Gasteiger partial charge < -0.3 is 5.32 Å². The van der Waals surface area contributed by atoms with E-state index < -0.39 is 0 Å². The van der Waals surface area contributed by atoms with Crippen LogP contribution in [0.3, 0.4) is 0 Å². The first-order chi connectivity index (χ1) is 9.22. The third-order valence-electron chi connectivity index (χ3n) is 4.07. The molecule has 3 rings (SSSR count). The molecule has 1 aliphatic heterocycles. The summed E-state index contributed by atoms with van der Waals surface area (Å²) in [6.07, 6.45) is 2.26. The van der Waals surface area contributed by atoms with Crippen molar-refractivity contribution in [2.75, 3.05) is 0 Å². The van der Waals surface area contributed by atoms with E-state index >= 15 is 0 Å². The van der Waals surface area contributed by atoms with E-state index in [1.54, 1.807) is 0 Å². The third kappa shape index (κ3) is 2.71. The molecule has 0 aliphatic carbocycles. The van der Waals surface area contributed by atoms with E-state index in [1.165, 1.54) is 27.8 Å². The average molecular weight is 251 g/mol. The van der Waals surface area contributed by atoms with Crippen LogP contribution in [0.1, 0.15) is 27.8 Å². The summed E-state index contributed by atoms with van der Waals surface area (Å²) in [7, 11) is 0. The van der Waals surface area contributed by atoms with Crippen LogP contribution in [0.2, 0.25) is 0 Å². The van der Waals surface area contributed by atoms with Crippen molar-refractivity contribution < 1.29 is 0 Å². The molecule has 1 heteroatoms. The molecule has 1 atom stereocenters. The summed E-state index contributed by atoms with van der Waals surface area (Å²) in [4.78, 5) is 0. The minimum absolute atomic E-state index is 0.566. The van der Waals surface area contributed by atoms with Crippen LogP contribution in [0.25, 0.3) is 0 Å². The lowest BCUT2D eigenvalue weighted by molar-refractivity contribution is 0.475. The van der Waals surface area contributed by atoms with Crippen molar-refractivity contribution in [3.63, 3.8) is 0 Å². The van der Waals surface area contributed by atoms with Crippen molar-refractivity contribution in [2.24, 2.45) is 0 Å². The van der Waals surface area contributed by atoms with Crippen LogP contribution in [-0.4, -0.2) is 6.04 Å². The van der Waals surface area contributed by atoms with E-state index in [4.69, 9.17) is 0 Å². The number of aryl methyl sites for hydroxylation is 2. The van der Waals surface area contributed by atoms with Gasteiger partial charge in [0.2, 0.25) is 0 Å². The monoisotopic (exact) mass is 251 g/mol. The van der Waals surface area contributed by atoms with Gasteiger partial charge in [-0.2, -0.15) is 0 Å². The molecule has 0 fully saturated rings. The van der Waals surface area contributed by atoms with Gasteiger partial charge in [0.15, 0.2) is 0 Å². The van der Waals surface area contributed by atoms with Gasteiger partial charge in [0, 0.05) is 12.6 Å². The first kappa shape index (κ1) is 12.4. The van der Waals surface area contributed by atoms with Crippen molar-refractivity contribution in [2.45, 2.75) is 39.3 Å². The molecule has 0 bridgehead atoms. The topological polar surface area (TPSA) is 12.0 Å². The predicted molar refractivity (Wildman–Crippen MR) is 80.4 cm³/mol. The maximum absolute atomic E-state index is 3.68. The average Bonchev–Trinajstić information content (AvgIpc) is 2.39. The van der Waals surface area contributed by atoms with Crippen LogP contribution >= 0.6 is 0 Å². The number of fused-ring (bicyclic) bond motifs is 1. The standard InChI is InChI=1S/C18H21N/c1-13-8-14(2)18-12-19-17(11-16(18)9-13)10-15-6-4-3-5-7-15/h3-9,17,19H,10-12H2,1-2H3. The lowest BCUT2D eigenvalue weighted by atomic mass is 9.88. The van der Waals surface area contributed by atoms with Crippen LogP contribution in [-0.2, 0) is 19.4 Å².